The lowest BCUT2D eigenvalue weighted by Crippen LogP contribution is -2.23. The maximum absolute atomic E-state index is 11.3. The first-order valence-electron chi connectivity index (χ1n) is 6.79. The minimum Gasteiger partial charge on any atom is -0.481 e. The van der Waals surface area contributed by atoms with Gasteiger partial charge in [0.2, 0.25) is 11.7 Å². The molecule has 21 heavy (non-hydrogen) atoms. The van der Waals surface area contributed by atoms with Gasteiger partial charge in [0, 0.05) is 6.20 Å². The molecule has 0 fully saturated rings. The number of aliphatic carboxylic acids is 1. The number of carboxylic acid groups (broad SMARTS) is 1. The Morgan fingerprint density at radius 3 is 2.95 bits per heavy atom. The van der Waals surface area contributed by atoms with Crippen LogP contribution in [0.1, 0.15) is 30.2 Å². The highest BCUT2D eigenvalue weighted by atomic mass is 16.5. The van der Waals surface area contributed by atoms with Crippen molar-refractivity contribution >= 4 is 5.97 Å². The molecule has 2 aromatic rings. The first-order chi connectivity index (χ1) is 10.1. The van der Waals surface area contributed by atoms with Gasteiger partial charge in [-0.1, -0.05) is 17.3 Å². The molecule has 1 aliphatic carbocycles. The standard InChI is InChI=1S/C15H15N3O3/c1-9-6-7-16-12(8-9)13-17-14(21-18-13)10-4-2-3-5-11(10)15(19)20/h2-3,6-8,10-11H,4-5H2,1H3,(H,19,20). The van der Waals surface area contributed by atoms with Crippen LogP contribution >= 0.6 is 0 Å². The number of aromatic nitrogens is 3. The molecule has 0 radical (unpaired) electrons. The van der Waals surface area contributed by atoms with E-state index in [2.05, 4.69) is 15.1 Å². The van der Waals surface area contributed by atoms with Gasteiger partial charge in [-0.15, -0.1) is 0 Å². The Hall–Kier alpha value is -2.50. The van der Waals surface area contributed by atoms with Crippen molar-refractivity contribution in [2.24, 2.45) is 5.92 Å². The molecule has 0 bridgehead atoms. The fourth-order valence-electron chi connectivity index (χ4n) is 2.51. The molecular formula is C15H15N3O3. The molecule has 0 amide bonds. The highest BCUT2D eigenvalue weighted by Crippen LogP contribution is 2.34. The lowest BCUT2D eigenvalue weighted by Gasteiger charge is -2.21. The van der Waals surface area contributed by atoms with Crippen LogP contribution in [0.2, 0.25) is 0 Å². The zero-order valence-corrected chi connectivity index (χ0v) is 11.6. The molecule has 6 nitrogen and oxygen atoms in total. The van der Waals surface area contributed by atoms with Crippen LogP contribution in [0, 0.1) is 12.8 Å². The molecule has 2 heterocycles. The summed E-state index contributed by atoms with van der Waals surface area (Å²) >= 11 is 0. The highest BCUT2D eigenvalue weighted by Gasteiger charge is 2.34. The SMILES string of the molecule is Cc1ccnc(-c2noc(C3CC=CCC3C(=O)O)n2)c1. The second kappa shape index (κ2) is 5.47. The summed E-state index contributed by atoms with van der Waals surface area (Å²) < 4.78 is 5.28. The predicted molar refractivity (Wildman–Crippen MR) is 74.5 cm³/mol. The minimum atomic E-state index is -0.835. The average molecular weight is 285 g/mol. The van der Waals surface area contributed by atoms with Gasteiger partial charge in [0.15, 0.2) is 0 Å². The number of pyridine rings is 1. The summed E-state index contributed by atoms with van der Waals surface area (Å²) in [6.07, 6.45) is 6.61. The van der Waals surface area contributed by atoms with E-state index in [1.165, 1.54) is 0 Å². The van der Waals surface area contributed by atoms with Crippen molar-refractivity contribution < 1.29 is 14.4 Å². The van der Waals surface area contributed by atoms with Crippen LogP contribution in [-0.2, 0) is 4.79 Å². The third-order valence-corrected chi connectivity index (χ3v) is 3.65. The zero-order chi connectivity index (χ0) is 14.8. The van der Waals surface area contributed by atoms with E-state index >= 15 is 0 Å². The largest absolute Gasteiger partial charge is 0.481 e. The summed E-state index contributed by atoms with van der Waals surface area (Å²) in [7, 11) is 0. The van der Waals surface area contributed by atoms with Gasteiger partial charge >= 0.3 is 5.97 Å². The summed E-state index contributed by atoms with van der Waals surface area (Å²) in [5.41, 5.74) is 1.68. The second-order valence-corrected chi connectivity index (χ2v) is 5.17. The molecule has 0 spiro atoms. The predicted octanol–water partition coefficient (Wildman–Crippen LogP) is 2.57. The van der Waals surface area contributed by atoms with Crippen molar-refractivity contribution in [2.45, 2.75) is 25.7 Å². The Morgan fingerprint density at radius 2 is 2.19 bits per heavy atom. The Morgan fingerprint density at radius 1 is 1.38 bits per heavy atom. The maximum Gasteiger partial charge on any atom is 0.307 e. The smallest absolute Gasteiger partial charge is 0.307 e. The van der Waals surface area contributed by atoms with Crippen molar-refractivity contribution in [1.82, 2.24) is 15.1 Å². The van der Waals surface area contributed by atoms with Crippen LogP contribution in [0.3, 0.4) is 0 Å². The molecule has 0 aromatic carbocycles. The van der Waals surface area contributed by atoms with E-state index in [9.17, 15) is 9.90 Å². The number of allylic oxidation sites excluding steroid dienone is 2. The van der Waals surface area contributed by atoms with Crippen molar-refractivity contribution in [2.75, 3.05) is 0 Å². The molecule has 2 unspecified atom stereocenters. The zero-order valence-electron chi connectivity index (χ0n) is 11.6. The van der Waals surface area contributed by atoms with E-state index in [4.69, 9.17) is 4.52 Å². The van der Waals surface area contributed by atoms with Gasteiger partial charge in [-0.2, -0.15) is 4.98 Å². The van der Waals surface area contributed by atoms with Gasteiger partial charge in [0.25, 0.3) is 0 Å². The number of hydrogen-bond donors (Lipinski definition) is 1. The molecule has 2 aromatic heterocycles. The van der Waals surface area contributed by atoms with Crippen molar-refractivity contribution in [3.8, 4) is 11.5 Å². The molecule has 0 saturated carbocycles. The number of aryl methyl sites for hydroxylation is 1. The number of rotatable bonds is 3. The van der Waals surface area contributed by atoms with Crippen molar-refractivity contribution in [1.29, 1.82) is 0 Å². The van der Waals surface area contributed by atoms with E-state index in [1.807, 2.05) is 31.2 Å². The van der Waals surface area contributed by atoms with Crippen LogP contribution in [0.4, 0.5) is 0 Å². The number of hydrogen-bond acceptors (Lipinski definition) is 5. The number of nitrogens with zero attached hydrogens (tertiary/aromatic N) is 3. The van der Waals surface area contributed by atoms with E-state index < -0.39 is 11.9 Å². The summed E-state index contributed by atoms with van der Waals surface area (Å²) in [6, 6.07) is 3.75. The van der Waals surface area contributed by atoms with E-state index in [1.54, 1.807) is 6.20 Å². The van der Waals surface area contributed by atoms with E-state index in [0.717, 1.165) is 5.56 Å². The molecule has 108 valence electrons. The van der Waals surface area contributed by atoms with Crippen LogP contribution in [0.25, 0.3) is 11.5 Å². The number of carbonyl (C=O) groups is 1. The van der Waals surface area contributed by atoms with E-state index in [-0.39, 0.29) is 5.92 Å². The number of carboxylic acids is 1. The molecule has 0 aliphatic heterocycles. The normalized spacial score (nSPS) is 21.4. The van der Waals surface area contributed by atoms with Gasteiger partial charge in [-0.05, 0) is 37.5 Å². The van der Waals surface area contributed by atoms with Gasteiger partial charge in [-0.25, -0.2) is 0 Å². The fraction of sp³-hybridized carbons (Fsp3) is 0.333. The third-order valence-electron chi connectivity index (χ3n) is 3.65. The van der Waals surface area contributed by atoms with Crippen LogP contribution in [0.5, 0.6) is 0 Å². The molecule has 3 rings (SSSR count). The Labute approximate surface area is 121 Å². The first-order valence-corrected chi connectivity index (χ1v) is 6.79. The maximum atomic E-state index is 11.3. The summed E-state index contributed by atoms with van der Waals surface area (Å²) in [6.45, 7) is 1.96. The Balaban J connectivity index is 1.91. The quantitative estimate of drug-likeness (QED) is 0.872. The van der Waals surface area contributed by atoms with Gasteiger partial charge < -0.3 is 9.63 Å². The van der Waals surface area contributed by atoms with Crippen molar-refractivity contribution in [3.63, 3.8) is 0 Å². The Bertz CT molecular complexity index is 693. The monoisotopic (exact) mass is 285 g/mol. The van der Waals surface area contributed by atoms with Gasteiger partial charge in [-0.3, -0.25) is 9.78 Å². The first kappa shape index (κ1) is 13.5. The Kier molecular flexibility index (Phi) is 3.51. The van der Waals surface area contributed by atoms with Gasteiger partial charge in [0.1, 0.15) is 5.69 Å². The third kappa shape index (κ3) is 2.69. The van der Waals surface area contributed by atoms with Crippen LogP contribution < -0.4 is 0 Å². The van der Waals surface area contributed by atoms with E-state index in [0.29, 0.717) is 30.3 Å². The topological polar surface area (TPSA) is 89.1 Å². The van der Waals surface area contributed by atoms with Crippen LogP contribution in [-0.4, -0.2) is 26.2 Å². The van der Waals surface area contributed by atoms with Crippen LogP contribution in [0.15, 0.2) is 35.0 Å². The van der Waals surface area contributed by atoms with Gasteiger partial charge in [0.05, 0.1) is 11.8 Å². The fourth-order valence-corrected chi connectivity index (χ4v) is 2.51. The highest BCUT2D eigenvalue weighted by molar-refractivity contribution is 5.71. The van der Waals surface area contributed by atoms with Crippen molar-refractivity contribution in [3.05, 3.63) is 41.9 Å². The second-order valence-electron chi connectivity index (χ2n) is 5.17. The summed E-state index contributed by atoms with van der Waals surface area (Å²) in [5, 5.41) is 13.2. The lowest BCUT2D eigenvalue weighted by molar-refractivity contribution is -0.142. The molecule has 0 saturated heterocycles. The molecular weight excluding hydrogens is 270 g/mol. The molecule has 1 aliphatic rings. The average Bonchev–Trinajstić information content (AvgIpc) is 2.97. The summed E-state index contributed by atoms with van der Waals surface area (Å²) in [5.74, 6) is -0.873. The summed E-state index contributed by atoms with van der Waals surface area (Å²) in [4.78, 5) is 19.9. The minimum absolute atomic E-state index is 0.279. The molecule has 1 N–H and O–H groups in total. The molecule has 2 atom stereocenters. The lowest BCUT2D eigenvalue weighted by atomic mass is 9.83. The molecule has 6 heteroatoms.